The predicted octanol–water partition coefficient (Wildman–Crippen LogP) is 7.95. The summed E-state index contributed by atoms with van der Waals surface area (Å²) >= 11 is 17.7. The summed E-state index contributed by atoms with van der Waals surface area (Å²) in [6.07, 6.45) is 6.41. The Hall–Kier alpha value is -11.6. The van der Waals surface area contributed by atoms with Gasteiger partial charge in [-0.2, -0.15) is 20.4 Å². The Morgan fingerprint density at radius 3 is 1.08 bits per heavy atom. The van der Waals surface area contributed by atoms with Crippen LogP contribution in [0.5, 0.6) is 23.0 Å². The summed E-state index contributed by atoms with van der Waals surface area (Å²) in [4.78, 5) is 52.1. The van der Waals surface area contributed by atoms with Crippen molar-refractivity contribution >= 4 is 92.5 Å². The summed E-state index contributed by atoms with van der Waals surface area (Å²) in [7, 11) is 16.1. The van der Waals surface area contributed by atoms with Crippen LogP contribution in [0.15, 0.2) is 116 Å². The maximum Gasteiger partial charge on any atom is 0.360 e. The molecular formula is C57H56Cl3N23O9. The summed E-state index contributed by atoms with van der Waals surface area (Å²) in [5, 5.41) is 60.6. The van der Waals surface area contributed by atoms with Crippen LogP contribution in [-0.2, 0) is 32.9 Å². The molecule has 0 unspecified atom stereocenters. The van der Waals surface area contributed by atoms with E-state index >= 15 is 0 Å². The van der Waals surface area contributed by atoms with Gasteiger partial charge in [0.2, 0.25) is 0 Å². The first kappa shape index (κ1) is 66.3. The van der Waals surface area contributed by atoms with Crippen molar-refractivity contribution in [2.24, 2.45) is 28.2 Å². The fourth-order valence-corrected chi connectivity index (χ4v) is 8.86. The fourth-order valence-electron chi connectivity index (χ4n) is 8.42. The van der Waals surface area contributed by atoms with Gasteiger partial charge in [-0.05, 0) is 48.5 Å². The zero-order valence-electron chi connectivity index (χ0n) is 50.4. The van der Waals surface area contributed by atoms with Crippen LogP contribution >= 0.6 is 34.8 Å². The van der Waals surface area contributed by atoms with Crippen LogP contribution in [0, 0.1) is 0 Å². The molecule has 0 saturated carbocycles. The smallest absolute Gasteiger partial charge is 0.360 e. The summed E-state index contributed by atoms with van der Waals surface area (Å²) in [6.45, 7) is 0. The highest BCUT2D eigenvalue weighted by Gasteiger charge is 2.23. The molecule has 7 aromatic heterocycles. The Balaban J connectivity index is 0.000000161. The molecule has 7 heterocycles. The number of nitrogens with zero attached hydrogens (tertiary/aromatic N) is 18. The zero-order valence-corrected chi connectivity index (χ0v) is 52.7. The van der Waals surface area contributed by atoms with Crippen LogP contribution in [-0.4, -0.2) is 155 Å². The first-order valence-corrected chi connectivity index (χ1v) is 27.7. The molecule has 35 heteroatoms. The summed E-state index contributed by atoms with van der Waals surface area (Å²) in [6, 6.07) is 26.1. The van der Waals surface area contributed by atoms with Gasteiger partial charge >= 0.3 is 11.9 Å². The van der Waals surface area contributed by atoms with Gasteiger partial charge in [0.1, 0.15) is 25.3 Å². The highest BCUT2D eigenvalue weighted by atomic mass is 35.5. The van der Waals surface area contributed by atoms with Gasteiger partial charge in [0.05, 0.1) is 97.6 Å². The monoisotopic (exact) mass is 1310 g/mol. The van der Waals surface area contributed by atoms with Crippen LogP contribution in [0.25, 0.3) is 45.6 Å². The SMILES string of the molecule is CNC(=O)c1nnc(Cl)cc1Nc1cccc(-c2ncn(C)n2)c1OC.COC(=O)c1nnc(Cl)cc1Nc1cccc(-c2ncn(C)n2)c1OC.COc1c(N)cccc1-c1ncn(C)n1.COc1c(Nc2cc(Cl)nnc2C(=O)O)cccc1-c1ncn(C)n1. The molecule has 11 rings (SSSR count). The van der Waals surface area contributed by atoms with Gasteiger partial charge < -0.3 is 55.8 Å². The van der Waals surface area contributed by atoms with Crippen molar-refractivity contribution in [2.75, 3.05) is 64.3 Å². The molecular weight excluding hydrogens is 1260 g/mol. The molecule has 11 aromatic rings. The second kappa shape index (κ2) is 30.5. The Labute approximate surface area is 538 Å². The topological polar surface area (TPSA) is 392 Å². The molecule has 92 heavy (non-hydrogen) atoms. The number of amides is 1. The number of carboxylic acid groups (broad SMARTS) is 1. The Bertz CT molecular complexity index is 4270. The third-order valence-corrected chi connectivity index (χ3v) is 12.9. The normalized spacial score (nSPS) is 10.4. The number of nitrogen functional groups attached to an aromatic ring is 1. The largest absolute Gasteiger partial charge is 0.494 e. The van der Waals surface area contributed by atoms with Crippen LogP contribution in [0.2, 0.25) is 15.5 Å². The molecule has 4 aromatic carbocycles. The number of methoxy groups -OCH3 is 5. The van der Waals surface area contributed by atoms with Crippen molar-refractivity contribution in [3.8, 4) is 68.5 Å². The van der Waals surface area contributed by atoms with Gasteiger partial charge in [-0.1, -0.05) is 59.1 Å². The number of anilines is 7. The molecule has 0 bridgehead atoms. The van der Waals surface area contributed by atoms with Gasteiger partial charge in [-0.25, -0.2) is 29.5 Å². The number of carbonyl (C=O) groups is 3. The van der Waals surface area contributed by atoms with Gasteiger partial charge in [0.15, 0.2) is 78.8 Å². The molecule has 0 atom stereocenters. The molecule has 0 aliphatic heterocycles. The number of aromatic carboxylic acids is 1. The summed E-state index contributed by atoms with van der Waals surface area (Å²) in [5.41, 5.74) is 11.7. The second-order valence-electron chi connectivity index (χ2n) is 18.6. The Kier molecular flexibility index (Phi) is 22.0. The number of carboxylic acids is 1. The zero-order chi connectivity index (χ0) is 66.2. The van der Waals surface area contributed by atoms with E-state index in [4.69, 9.17) is 64.2 Å². The van der Waals surface area contributed by atoms with E-state index in [1.165, 1.54) is 46.6 Å². The molecule has 1 amide bonds. The molecule has 0 aliphatic rings. The lowest BCUT2D eigenvalue weighted by atomic mass is 10.1. The number of halogens is 3. The maximum absolute atomic E-state index is 12.0. The standard InChI is InChI=1S/C16H16ClN7O2.C16H15ClN6O3.C15H13ClN6O3.C10H12N4O/c1-18-16(25)13-11(7-12(17)21-22-13)20-10-6-4-5-9(14(10)26-3)15-19-8-24(2)23-15;1-23-8-18-15(22-23)9-5-4-6-10(14(9)25-2)19-11-7-12(17)20-21-13(11)16(24)26-3;1-22-7-17-14(21-22)8-4-3-5-9(13(8)25-2)18-10-6-11(16)19-20-12(10)15(23)24;1-14-6-12-10(13-14)7-4-3-5-8(11)9(7)15-2/h4-8H,1-3H3,(H,18,25)(H,20,21);4-8H,1-3H3,(H,19,20);3-7H,1-2H3,(H,18,19)(H,23,24);3-6H,11H2,1-2H3. The summed E-state index contributed by atoms with van der Waals surface area (Å²) < 4.78 is 32.9. The van der Waals surface area contributed by atoms with Crippen molar-refractivity contribution in [1.82, 2.24) is 95.0 Å². The highest BCUT2D eigenvalue weighted by molar-refractivity contribution is 6.30. The van der Waals surface area contributed by atoms with E-state index in [1.807, 2.05) is 43.4 Å². The van der Waals surface area contributed by atoms with Crippen LogP contribution in [0.4, 0.5) is 39.8 Å². The second-order valence-corrected chi connectivity index (χ2v) is 19.8. The number of ether oxygens (including phenoxy) is 5. The van der Waals surface area contributed by atoms with Crippen LogP contribution < -0.4 is 45.9 Å². The number of hydrogen-bond donors (Lipinski definition) is 6. The van der Waals surface area contributed by atoms with Crippen molar-refractivity contribution in [2.45, 2.75) is 0 Å². The average Bonchev–Trinajstić information content (AvgIpc) is 1.39. The molecule has 0 spiro atoms. The lowest BCUT2D eigenvalue weighted by Crippen LogP contribution is -2.21. The number of rotatable bonds is 17. The van der Waals surface area contributed by atoms with Crippen molar-refractivity contribution < 1.29 is 43.2 Å². The fraction of sp³-hybridized carbons (Fsp3) is 0.175. The lowest BCUT2D eigenvalue weighted by molar-refractivity contribution is 0.0592. The van der Waals surface area contributed by atoms with Crippen molar-refractivity contribution in [1.29, 1.82) is 0 Å². The number of nitrogens with two attached hydrogens (primary N) is 1. The third-order valence-electron chi connectivity index (χ3n) is 12.4. The highest BCUT2D eigenvalue weighted by Crippen LogP contribution is 2.40. The number of aromatic nitrogens is 18. The number of benzene rings is 4. The van der Waals surface area contributed by atoms with Crippen LogP contribution in [0.1, 0.15) is 31.5 Å². The van der Waals surface area contributed by atoms with Gasteiger partial charge in [0.25, 0.3) is 5.91 Å². The molecule has 0 fully saturated rings. The first-order valence-electron chi connectivity index (χ1n) is 26.6. The molecule has 0 radical (unpaired) electrons. The van der Waals surface area contributed by atoms with Crippen molar-refractivity contribution in [3.63, 3.8) is 0 Å². The number of hydrogen-bond acceptors (Lipinski definition) is 26. The Morgan fingerprint density at radius 2 is 0.761 bits per heavy atom. The molecule has 32 nitrogen and oxygen atoms in total. The Morgan fingerprint density at radius 1 is 0.446 bits per heavy atom. The number of para-hydroxylation sites is 4. The van der Waals surface area contributed by atoms with Gasteiger partial charge in [0, 0.05) is 53.4 Å². The molecule has 0 aliphatic carbocycles. The van der Waals surface area contributed by atoms with Gasteiger partial charge in [-0.15, -0.1) is 30.6 Å². The average molecular weight is 1310 g/mol. The number of nitrogens with one attached hydrogen (secondary N) is 4. The van der Waals surface area contributed by atoms with E-state index in [0.29, 0.717) is 97.1 Å². The van der Waals surface area contributed by atoms with Crippen LogP contribution in [0.3, 0.4) is 0 Å². The van der Waals surface area contributed by atoms with E-state index in [-0.39, 0.29) is 38.2 Å². The van der Waals surface area contributed by atoms with E-state index in [2.05, 4.69) is 92.2 Å². The third kappa shape index (κ3) is 16.0. The van der Waals surface area contributed by atoms with E-state index in [0.717, 1.165) is 5.56 Å². The van der Waals surface area contributed by atoms with Gasteiger partial charge in [-0.3, -0.25) is 23.5 Å². The summed E-state index contributed by atoms with van der Waals surface area (Å²) in [5.74, 6) is 1.95. The molecule has 7 N–H and O–H groups in total. The number of carbonyl (C=O) groups excluding carboxylic acids is 2. The van der Waals surface area contributed by atoms with Crippen molar-refractivity contribution in [3.05, 3.63) is 149 Å². The molecule has 0 saturated heterocycles. The predicted molar refractivity (Wildman–Crippen MR) is 339 cm³/mol. The van der Waals surface area contributed by atoms with E-state index in [9.17, 15) is 19.5 Å². The van der Waals surface area contributed by atoms with E-state index < -0.39 is 17.8 Å². The first-order chi connectivity index (χ1) is 44.3. The minimum Gasteiger partial charge on any atom is -0.494 e. The number of aryl methyl sites for hydroxylation is 4. The van der Waals surface area contributed by atoms with E-state index in [1.54, 1.807) is 116 Å². The number of esters is 1. The minimum absolute atomic E-state index is 0.000294. The maximum atomic E-state index is 12.0. The molecule has 474 valence electrons. The lowest BCUT2D eigenvalue weighted by Gasteiger charge is -2.15. The quantitative estimate of drug-likeness (QED) is 0.0372. The minimum atomic E-state index is -1.23.